The fraction of sp³-hybridized carbons (Fsp3) is 0.429. The van der Waals surface area contributed by atoms with E-state index in [0.29, 0.717) is 17.2 Å². The molecule has 0 aliphatic carbocycles. The number of nitrogens with zero attached hydrogens (tertiary/aromatic N) is 2. The maximum Gasteiger partial charge on any atom is 0.251 e. The number of carbonyl (C=O) groups is 2. The average Bonchev–Trinajstić information content (AvgIpc) is 3.22. The number of ether oxygens (including phenoxy) is 2. The molecule has 1 fully saturated rings. The Bertz CT molecular complexity index is 847. The van der Waals surface area contributed by atoms with Crippen LogP contribution in [0.4, 0.5) is 5.00 Å². The van der Waals surface area contributed by atoms with Gasteiger partial charge in [0.25, 0.3) is 5.91 Å². The van der Waals surface area contributed by atoms with Gasteiger partial charge in [0.2, 0.25) is 5.91 Å². The lowest BCUT2D eigenvalue weighted by molar-refractivity contribution is -0.121. The van der Waals surface area contributed by atoms with Crippen LogP contribution in [0, 0.1) is 0 Å². The van der Waals surface area contributed by atoms with Gasteiger partial charge in [0.15, 0.2) is 0 Å². The fourth-order valence-corrected chi connectivity index (χ4v) is 4.12. The Kier molecular flexibility index (Phi) is 7.67. The SMILES string of the molecule is COc1ccc(OCCN2CCN(C(C)C(=O)Nc3sccc3C(N)=O)CC2)cc1. The molecule has 30 heavy (non-hydrogen) atoms. The molecule has 3 rings (SSSR count). The maximum absolute atomic E-state index is 12.6. The van der Waals surface area contributed by atoms with Crippen LogP contribution in [0.2, 0.25) is 0 Å². The van der Waals surface area contributed by atoms with Gasteiger partial charge in [0.05, 0.1) is 18.7 Å². The van der Waals surface area contributed by atoms with Gasteiger partial charge in [0.1, 0.15) is 23.1 Å². The van der Waals surface area contributed by atoms with Crippen LogP contribution in [0.5, 0.6) is 11.5 Å². The largest absolute Gasteiger partial charge is 0.497 e. The molecule has 0 spiro atoms. The van der Waals surface area contributed by atoms with Crippen molar-refractivity contribution >= 4 is 28.2 Å². The van der Waals surface area contributed by atoms with Gasteiger partial charge in [-0.05, 0) is 42.6 Å². The van der Waals surface area contributed by atoms with Gasteiger partial charge in [-0.15, -0.1) is 11.3 Å². The molecule has 1 aromatic carbocycles. The summed E-state index contributed by atoms with van der Waals surface area (Å²) in [7, 11) is 1.64. The molecule has 2 aromatic rings. The minimum Gasteiger partial charge on any atom is -0.497 e. The Morgan fingerprint density at radius 2 is 1.80 bits per heavy atom. The van der Waals surface area contributed by atoms with Crippen molar-refractivity contribution in [1.29, 1.82) is 0 Å². The van der Waals surface area contributed by atoms with E-state index in [4.69, 9.17) is 15.2 Å². The van der Waals surface area contributed by atoms with Crippen LogP contribution < -0.4 is 20.5 Å². The van der Waals surface area contributed by atoms with Crippen LogP contribution in [0.25, 0.3) is 0 Å². The molecule has 0 bridgehead atoms. The number of thiophene rings is 1. The van der Waals surface area contributed by atoms with Crippen LogP contribution in [0.15, 0.2) is 35.7 Å². The first-order valence-electron chi connectivity index (χ1n) is 9.89. The second-order valence-electron chi connectivity index (χ2n) is 7.09. The number of anilines is 1. The molecule has 0 saturated carbocycles. The summed E-state index contributed by atoms with van der Waals surface area (Å²) in [6.07, 6.45) is 0. The number of nitrogens with one attached hydrogen (secondary N) is 1. The van der Waals surface area contributed by atoms with E-state index >= 15 is 0 Å². The maximum atomic E-state index is 12.6. The van der Waals surface area contributed by atoms with E-state index in [1.54, 1.807) is 18.6 Å². The van der Waals surface area contributed by atoms with Crippen molar-refractivity contribution in [3.63, 3.8) is 0 Å². The number of hydrogen-bond acceptors (Lipinski definition) is 7. The minimum absolute atomic E-state index is 0.128. The smallest absolute Gasteiger partial charge is 0.251 e. The summed E-state index contributed by atoms with van der Waals surface area (Å²) in [5, 5.41) is 5.09. The summed E-state index contributed by atoms with van der Waals surface area (Å²) in [4.78, 5) is 28.5. The molecule has 1 unspecified atom stereocenters. The predicted octanol–water partition coefficient (Wildman–Crippen LogP) is 1.88. The van der Waals surface area contributed by atoms with Crippen molar-refractivity contribution in [2.24, 2.45) is 5.73 Å². The minimum atomic E-state index is -0.537. The third kappa shape index (κ3) is 5.71. The molecule has 0 radical (unpaired) electrons. The highest BCUT2D eigenvalue weighted by molar-refractivity contribution is 7.14. The lowest BCUT2D eigenvalue weighted by Crippen LogP contribution is -2.53. The summed E-state index contributed by atoms with van der Waals surface area (Å²) in [6, 6.07) is 8.89. The second-order valence-corrected chi connectivity index (χ2v) is 8.01. The van der Waals surface area contributed by atoms with Gasteiger partial charge in [-0.2, -0.15) is 0 Å². The van der Waals surface area contributed by atoms with E-state index in [2.05, 4.69) is 15.1 Å². The Morgan fingerprint density at radius 1 is 1.13 bits per heavy atom. The zero-order chi connectivity index (χ0) is 21.5. The number of carbonyl (C=O) groups excluding carboxylic acids is 2. The number of methoxy groups -OCH3 is 1. The van der Waals surface area contributed by atoms with E-state index in [1.807, 2.05) is 31.2 Å². The third-order valence-corrected chi connectivity index (χ3v) is 6.07. The van der Waals surface area contributed by atoms with Crippen molar-refractivity contribution in [1.82, 2.24) is 9.80 Å². The third-order valence-electron chi connectivity index (χ3n) is 5.24. The quantitative estimate of drug-likeness (QED) is 0.628. The van der Waals surface area contributed by atoms with Crippen molar-refractivity contribution in [3.05, 3.63) is 41.3 Å². The summed E-state index contributed by atoms with van der Waals surface area (Å²) >= 11 is 1.30. The molecule has 1 saturated heterocycles. The molecule has 1 aliphatic heterocycles. The van der Waals surface area contributed by atoms with E-state index in [-0.39, 0.29) is 11.9 Å². The van der Waals surface area contributed by atoms with Crippen molar-refractivity contribution in [2.45, 2.75) is 13.0 Å². The molecule has 162 valence electrons. The topological polar surface area (TPSA) is 97.1 Å². The highest BCUT2D eigenvalue weighted by Gasteiger charge is 2.26. The molecule has 2 heterocycles. The molecule has 9 heteroatoms. The molecule has 1 aliphatic rings. The molecule has 1 aromatic heterocycles. The molecule has 8 nitrogen and oxygen atoms in total. The monoisotopic (exact) mass is 432 g/mol. The lowest BCUT2D eigenvalue weighted by atomic mass is 10.2. The molecule has 3 N–H and O–H groups in total. The highest BCUT2D eigenvalue weighted by atomic mass is 32.1. The standard InChI is InChI=1S/C21H28N4O4S/c1-15(20(27)23-21-18(19(22)26)7-14-30-21)25-10-8-24(9-11-25)12-13-29-17-5-3-16(28-2)4-6-17/h3-7,14-15H,8-13H2,1-2H3,(H2,22,26)(H,23,27). The van der Waals surface area contributed by atoms with Gasteiger partial charge in [-0.25, -0.2) is 0 Å². The van der Waals surface area contributed by atoms with Gasteiger partial charge >= 0.3 is 0 Å². The first-order chi connectivity index (χ1) is 14.5. The first kappa shape index (κ1) is 22.1. The molecular formula is C21H28N4O4S. The van der Waals surface area contributed by atoms with Gasteiger partial charge in [-0.1, -0.05) is 0 Å². The van der Waals surface area contributed by atoms with E-state index in [0.717, 1.165) is 44.2 Å². The number of piperazine rings is 1. The van der Waals surface area contributed by atoms with Crippen LogP contribution in [-0.4, -0.2) is 74.1 Å². The number of benzene rings is 1. The second kappa shape index (κ2) is 10.4. The predicted molar refractivity (Wildman–Crippen MR) is 117 cm³/mol. The Hall–Kier alpha value is -2.62. The Balaban J connectivity index is 1.40. The normalized spacial score (nSPS) is 16.1. The van der Waals surface area contributed by atoms with E-state index in [1.165, 1.54) is 11.3 Å². The lowest BCUT2D eigenvalue weighted by Gasteiger charge is -2.37. The fourth-order valence-electron chi connectivity index (χ4n) is 3.32. The Labute approximate surface area is 180 Å². The van der Waals surface area contributed by atoms with Crippen molar-refractivity contribution in [2.75, 3.05) is 51.8 Å². The van der Waals surface area contributed by atoms with Crippen LogP contribution >= 0.6 is 11.3 Å². The number of amides is 2. The Morgan fingerprint density at radius 3 is 2.43 bits per heavy atom. The van der Waals surface area contributed by atoms with Gasteiger partial charge < -0.3 is 20.5 Å². The van der Waals surface area contributed by atoms with Crippen molar-refractivity contribution < 1.29 is 19.1 Å². The summed E-state index contributed by atoms with van der Waals surface area (Å²) in [5.41, 5.74) is 5.69. The van der Waals surface area contributed by atoms with E-state index in [9.17, 15) is 9.59 Å². The summed E-state index contributed by atoms with van der Waals surface area (Å²) in [5.74, 6) is 0.964. The first-order valence-corrected chi connectivity index (χ1v) is 10.8. The number of hydrogen-bond donors (Lipinski definition) is 2. The molecular weight excluding hydrogens is 404 g/mol. The molecule has 2 amide bonds. The van der Waals surface area contributed by atoms with Gasteiger partial charge in [0, 0.05) is 32.7 Å². The number of rotatable bonds is 9. The van der Waals surface area contributed by atoms with Crippen LogP contribution in [-0.2, 0) is 4.79 Å². The van der Waals surface area contributed by atoms with E-state index < -0.39 is 5.91 Å². The number of nitrogens with two attached hydrogens (primary N) is 1. The van der Waals surface area contributed by atoms with Crippen molar-refractivity contribution in [3.8, 4) is 11.5 Å². The molecule has 1 atom stereocenters. The zero-order valence-electron chi connectivity index (χ0n) is 17.3. The zero-order valence-corrected chi connectivity index (χ0v) is 18.1. The summed E-state index contributed by atoms with van der Waals surface area (Å²) < 4.78 is 10.9. The van der Waals surface area contributed by atoms with Crippen LogP contribution in [0.3, 0.4) is 0 Å². The van der Waals surface area contributed by atoms with Crippen LogP contribution in [0.1, 0.15) is 17.3 Å². The summed E-state index contributed by atoms with van der Waals surface area (Å²) in [6.45, 7) is 6.66. The highest BCUT2D eigenvalue weighted by Crippen LogP contribution is 2.23. The van der Waals surface area contributed by atoms with Gasteiger partial charge in [-0.3, -0.25) is 19.4 Å². The average molecular weight is 433 g/mol. The number of primary amides is 1.